The number of hydrogen-bond acceptors (Lipinski definition) is 2. The van der Waals surface area contributed by atoms with Gasteiger partial charge in [0.2, 0.25) is 0 Å². The van der Waals surface area contributed by atoms with Crippen LogP contribution in [-0.4, -0.2) is 14.5 Å². The molecule has 0 saturated carbocycles. The van der Waals surface area contributed by atoms with Crippen LogP contribution in [0.5, 0.6) is 0 Å². The van der Waals surface area contributed by atoms with E-state index in [0.29, 0.717) is 0 Å². The molecule has 0 atom stereocenters. The Morgan fingerprint density at radius 1 is 1.33 bits per heavy atom. The van der Waals surface area contributed by atoms with Gasteiger partial charge in [-0.3, -0.25) is 4.57 Å². The number of rotatable bonds is 1. The van der Waals surface area contributed by atoms with Crippen molar-refractivity contribution < 1.29 is 0 Å². The third kappa shape index (κ3) is 1.34. The molecular weight excluding hydrogens is 265 g/mol. The summed E-state index contributed by atoms with van der Waals surface area (Å²) in [5, 5.41) is 0. The highest BCUT2D eigenvalue weighted by molar-refractivity contribution is 14.1. The molecule has 0 bridgehead atoms. The van der Waals surface area contributed by atoms with E-state index in [-0.39, 0.29) is 0 Å². The van der Waals surface area contributed by atoms with E-state index in [1.54, 1.807) is 18.7 Å². The van der Waals surface area contributed by atoms with Gasteiger partial charge in [-0.1, -0.05) is 6.07 Å². The van der Waals surface area contributed by atoms with Crippen molar-refractivity contribution in [3.63, 3.8) is 0 Å². The molecule has 0 unspecified atom stereocenters. The highest BCUT2D eigenvalue weighted by Gasteiger charge is 1.99. The van der Waals surface area contributed by atoms with E-state index in [2.05, 4.69) is 32.6 Å². The Kier molecular flexibility index (Phi) is 2.07. The fourth-order valence-electron chi connectivity index (χ4n) is 0.944. The van der Waals surface area contributed by atoms with Gasteiger partial charge >= 0.3 is 0 Å². The van der Waals surface area contributed by atoms with Gasteiger partial charge in [-0.15, -0.1) is 0 Å². The first-order chi connectivity index (χ1) is 5.88. The van der Waals surface area contributed by atoms with Gasteiger partial charge in [-0.25, -0.2) is 9.97 Å². The molecule has 2 rings (SSSR count). The lowest BCUT2D eigenvalue weighted by atomic mass is 10.5. The van der Waals surface area contributed by atoms with Gasteiger partial charge in [0.15, 0.2) is 0 Å². The zero-order valence-electron chi connectivity index (χ0n) is 6.18. The lowest BCUT2D eigenvalue weighted by Crippen LogP contribution is -1.96. The molecule has 12 heavy (non-hydrogen) atoms. The maximum absolute atomic E-state index is 4.20. The first kappa shape index (κ1) is 7.72. The van der Waals surface area contributed by atoms with Crippen molar-refractivity contribution in [2.24, 2.45) is 0 Å². The van der Waals surface area contributed by atoms with Gasteiger partial charge in [-0.05, 0) is 34.7 Å². The number of nitrogens with zero attached hydrogens (tertiary/aromatic N) is 3. The van der Waals surface area contributed by atoms with Crippen LogP contribution in [0.4, 0.5) is 0 Å². The maximum atomic E-state index is 4.20. The Hall–Kier alpha value is -0.910. The molecule has 0 amide bonds. The second kappa shape index (κ2) is 3.22. The summed E-state index contributed by atoms with van der Waals surface area (Å²) < 4.78 is 2.99. The molecule has 0 radical (unpaired) electrons. The van der Waals surface area contributed by atoms with Crippen LogP contribution in [0.25, 0.3) is 5.82 Å². The molecular formula is C8H6IN3. The van der Waals surface area contributed by atoms with Crippen molar-refractivity contribution in [2.45, 2.75) is 0 Å². The van der Waals surface area contributed by atoms with Crippen LogP contribution in [0.1, 0.15) is 0 Å². The van der Waals surface area contributed by atoms with Crippen molar-refractivity contribution >= 4 is 22.6 Å². The van der Waals surface area contributed by atoms with Crippen LogP contribution in [0, 0.1) is 3.70 Å². The number of halogens is 1. The Morgan fingerprint density at radius 2 is 2.25 bits per heavy atom. The van der Waals surface area contributed by atoms with E-state index < -0.39 is 0 Å². The molecule has 0 aliphatic rings. The average molecular weight is 271 g/mol. The number of pyridine rings is 1. The first-order valence-corrected chi connectivity index (χ1v) is 4.55. The van der Waals surface area contributed by atoms with Crippen LogP contribution in [0.3, 0.4) is 0 Å². The number of hydrogen-bond donors (Lipinski definition) is 0. The molecule has 0 N–H and O–H groups in total. The van der Waals surface area contributed by atoms with E-state index in [4.69, 9.17) is 0 Å². The molecule has 60 valence electrons. The first-order valence-electron chi connectivity index (χ1n) is 3.47. The SMILES string of the molecule is Ic1cncn1-c1ccccn1. The second-order valence-electron chi connectivity index (χ2n) is 2.27. The van der Waals surface area contributed by atoms with Crippen LogP contribution < -0.4 is 0 Å². The van der Waals surface area contributed by atoms with Gasteiger partial charge in [0.1, 0.15) is 15.8 Å². The van der Waals surface area contributed by atoms with Crippen molar-refractivity contribution in [3.8, 4) is 5.82 Å². The second-order valence-corrected chi connectivity index (χ2v) is 3.38. The summed E-state index contributed by atoms with van der Waals surface area (Å²) in [6.45, 7) is 0. The Morgan fingerprint density at radius 3 is 2.83 bits per heavy atom. The third-order valence-electron chi connectivity index (χ3n) is 1.49. The van der Waals surface area contributed by atoms with Gasteiger partial charge in [0.25, 0.3) is 0 Å². The molecule has 3 nitrogen and oxygen atoms in total. The van der Waals surface area contributed by atoms with Crippen LogP contribution in [-0.2, 0) is 0 Å². The van der Waals surface area contributed by atoms with Crippen molar-refractivity contribution in [3.05, 3.63) is 40.6 Å². The van der Waals surface area contributed by atoms with E-state index in [1.165, 1.54) is 0 Å². The molecule has 0 aliphatic carbocycles. The van der Waals surface area contributed by atoms with Gasteiger partial charge < -0.3 is 0 Å². The molecule has 2 aromatic rings. The molecule has 0 aliphatic heterocycles. The summed E-state index contributed by atoms with van der Waals surface area (Å²) in [6, 6.07) is 5.80. The van der Waals surface area contributed by atoms with E-state index >= 15 is 0 Å². The largest absolute Gasteiger partial charge is 0.278 e. The Labute approximate surface area is 83.6 Å². The quantitative estimate of drug-likeness (QED) is 0.741. The van der Waals surface area contributed by atoms with Gasteiger partial charge in [-0.2, -0.15) is 0 Å². The van der Waals surface area contributed by atoms with Crippen molar-refractivity contribution in [1.82, 2.24) is 14.5 Å². The molecule has 0 aromatic carbocycles. The molecule has 0 fully saturated rings. The Bertz CT molecular complexity index is 369. The van der Waals surface area contributed by atoms with Crippen LogP contribution in [0.2, 0.25) is 0 Å². The summed E-state index contributed by atoms with van der Waals surface area (Å²) in [5.74, 6) is 0.902. The fourth-order valence-corrected chi connectivity index (χ4v) is 1.48. The summed E-state index contributed by atoms with van der Waals surface area (Å²) in [7, 11) is 0. The summed E-state index contributed by atoms with van der Waals surface area (Å²) in [5.41, 5.74) is 0. The molecule has 4 heteroatoms. The average Bonchev–Trinajstić information content (AvgIpc) is 2.53. The normalized spacial score (nSPS) is 10.1. The number of aromatic nitrogens is 3. The van der Waals surface area contributed by atoms with E-state index in [0.717, 1.165) is 9.52 Å². The third-order valence-corrected chi connectivity index (χ3v) is 2.29. The summed E-state index contributed by atoms with van der Waals surface area (Å²) >= 11 is 2.22. The predicted octanol–water partition coefficient (Wildman–Crippen LogP) is 1.87. The lowest BCUT2D eigenvalue weighted by Gasteiger charge is -2.00. The lowest BCUT2D eigenvalue weighted by molar-refractivity contribution is 0.970. The standard InChI is InChI=1S/C8H6IN3/c9-7-5-10-6-12(7)8-3-1-2-4-11-8/h1-6H. The molecule has 2 aromatic heterocycles. The molecule has 2 heterocycles. The van der Waals surface area contributed by atoms with Gasteiger partial charge in [0.05, 0.1) is 6.20 Å². The maximum Gasteiger partial charge on any atom is 0.138 e. The summed E-state index contributed by atoms with van der Waals surface area (Å²) in [6.07, 6.45) is 5.32. The zero-order valence-corrected chi connectivity index (χ0v) is 8.34. The highest BCUT2D eigenvalue weighted by Crippen LogP contribution is 2.09. The smallest absolute Gasteiger partial charge is 0.138 e. The number of imidazole rings is 1. The van der Waals surface area contributed by atoms with E-state index in [1.807, 2.05) is 22.8 Å². The van der Waals surface area contributed by atoms with Crippen LogP contribution in [0.15, 0.2) is 36.9 Å². The molecule has 0 spiro atoms. The van der Waals surface area contributed by atoms with Crippen molar-refractivity contribution in [1.29, 1.82) is 0 Å². The fraction of sp³-hybridized carbons (Fsp3) is 0. The van der Waals surface area contributed by atoms with Crippen LogP contribution >= 0.6 is 22.6 Å². The topological polar surface area (TPSA) is 30.7 Å². The van der Waals surface area contributed by atoms with E-state index in [9.17, 15) is 0 Å². The highest BCUT2D eigenvalue weighted by atomic mass is 127. The summed E-state index contributed by atoms with van der Waals surface area (Å²) in [4.78, 5) is 8.21. The minimum Gasteiger partial charge on any atom is -0.278 e. The minimum absolute atomic E-state index is 0.902. The molecule has 0 saturated heterocycles. The Balaban J connectivity index is 2.51. The monoisotopic (exact) mass is 271 g/mol. The van der Waals surface area contributed by atoms with Gasteiger partial charge in [0, 0.05) is 6.20 Å². The van der Waals surface area contributed by atoms with Crippen molar-refractivity contribution in [2.75, 3.05) is 0 Å². The predicted molar refractivity (Wildman–Crippen MR) is 54.1 cm³/mol. The minimum atomic E-state index is 0.902. The zero-order chi connectivity index (χ0) is 8.39.